The molecule has 1 atom stereocenters. The van der Waals surface area contributed by atoms with Gasteiger partial charge in [-0.1, -0.05) is 12.4 Å². The molecule has 9 heavy (non-hydrogen) atoms. The van der Waals surface area contributed by atoms with Gasteiger partial charge in [0.05, 0.1) is 0 Å². The molecule has 0 aliphatic heterocycles. The van der Waals surface area contributed by atoms with Crippen LogP contribution in [0.25, 0.3) is 0 Å². The van der Waals surface area contributed by atoms with Crippen molar-refractivity contribution in [2.75, 3.05) is 13.2 Å². The van der Waals surface area contributed by atoms with E-state index in [4.69, 9.17) is 0 Å². The van der Waals surface area contributed by atoms with Crippen LogP contribution in [0.4, 0.5) is 4.20 Å². The second-order valence-corrected chi connectivity index (χ2v) is 4.51. The number of nitrogens with one attached hydrogen (secondary N) is 1. The van der Waals surface area contributed by atoms with Crippen LogP contribution in [0.5, 0.6) is 0 Å². The molecule has 0 rings (SSSR count). The Balaban J connectivity index is 3.58. The van der Waals surface area contributed by atoms with Crippen molar-refractivity contribution in [2.24, 2.45) is 0 Å². The zero-order chi connectivity index (χ0) is 7.33. The van der Waals surface area contributed by atoms with Crippen LogP contribution in [0.2, 0.25) is 0 Å². The molecule has 1 nitrogen and oxygen atoms in total. The monoisotopic (exact) mass is 149 g/mol. The third kappa shape index (κ3) is 4.43. The second kappa shape index (κ2) is 3.86. The fraction of sp³-hybridized carbons (Fsp3) is 0.500. The maximum atomic E-state index is 12.8. The lowest BCUT2D eigenvalue weighted by Gasteiger charge is -2.10. The Morgan fingerprint density at radius 3 is 2.67 bits per heavy atom. The van der Waals surface area contributed by atoms with Gasteiger partial charge in [-0.15, -0.1) is 6.58 Å². The van der Waals surface area contributed by atoms with Gasteiger partial charge < -0.3 is 0 Å². The summed E-state index contributed by atoms with van der Waals surface area (Å²) in [6.07, 6.45) is 6.31. The van der Waals surface area contributed by atoms with Gasteiger partial charge in [0.2, 0.25) is 0 Å². The van der Waals surface area contributed by atoms with Crippen LogP contribution in [0.3, 0.4) is 0 Å². The summed E-state index contributed by atoms with van der Waals surface area (Å²) in [4.78, 5) is 0. The zero-order valence-corrected chi connectivity index (χ0v) is 6.63. The van der Waals surface area contributed by atoms with Gasteiger partial charge in [0.1, 0.15) is 7.35 Å². The molecule has 0 aliphatic carbocycles. The van der Waals surface area contributed by atoms with Gasteiger partial charge in [0.25, 0.3) is 0 Å². The van der Waals surface area contributed by atoms with Crippen molar-refractivity contribution < 1.29 is 4.20 Å². The molecule has 0 heterocycles. The quantitative estimate of drug-likeness (QED) is 0.476. The van der Waals surface area contributed by atoms with Crippen LogP contribution in [0, 0.1) is 0 Å². The molecule has 1 unspecified atom stereocenters. The van der Waals surface area contributed by atoms with Gasteiger partial charge in [-0.25, -0.2) is 4.20 Å². The molecule has 3 heteroatoms. The molecule has 0 fully saturated rings. The van der Waals surface area contributed by atoms with Crippen LogP contribution in [0.1, 0.15) is 6.42 Å². The molecule has 0 bridgehead atoms. The van der Waals surface area contributed by atoms with Gasteiger partial charge in [-0.2, -0.15) is 0 Å². The average Bonchev–Trinajstić information content (AvgIpc) is 1.84. The van der Waals surface area contributed by atoms with Crippen molar-refractivity contribution in [3.05, 3.63) is 12.7 Å². The summed E-state index contributed by atoms with van der Waals surface area (Å²) in [5.41, 5.74) is 0. The first-order valence-corrected chi connectivity index (χ1v) is 4.89. The predicted octanol–water partition coefficient (Wildman–Crippen LogP) is 2.03. The van der Waals surface area contributed by atoms with Crippen LogP contribution in [0.15, 0.2) is 12.7 Å². The number of rotatable bonds is 4. The largest absolute Gasteiger partial charge is 0.276 e. The van der Waals surface area contributed by atoms with Crippen LogP contribution >= 0.6 is 7.35 Å². The molecule has 0 aromatic heterocycles. The lowest BCUT2D eigenvalue weighted by molar-refractivity contribution is 0.846. The molecular formula is C6H13FNP. The zero-order valence-electron chi connectivity index (χ0n) is 5.73. The van der Waals surface area contributed by atoms with E-state index in [0.717, 1.165) is 0 Å². The van der Waals surface area contributed by atoms with Gasteiger partial charge in [0, 0.05) is 6.16 Å². The smallest absolute Gasteiger partial charge is 0.108 e. The number of halogens is 1. The molecule has 0 spiro atoms. The number of allylic oxidation sites excluding steroid dienone is 1. The Morgan fingerprint density at radius 1 is 1.78 bits per heavy atom. The third-order valence-corrected chi connectivity index (χ3v) is 2.86. The van der Waals surface area contributed by atoms with Gasteiger partial charge in [0.15, 0.2) is 0 Å². The molecule has 0 aromatic rings. The molecule has 0 aliphatic rings. The Labute approximate surface area is 56.1 Å². The molecule has 0 saturated carbocycles. The molecule has 0 saturated heterocycles. The summed E-state index contributed by atoms with van der Waals surface area (Å²) in [7, 11) is -0.910. The van der Waals surface area contributed by atoms with Gasteiger partial charge >= 0.3 is 0 Å². The maximum absolute atomic E-state index is 12.8. The van der Waals surface area contributed by atoms with Crippen molar-refractivity contribution in [3.8, 4) is 0 Å². The first-order chi connectivity index (χ1) is 4.12. The fourth-order valence-electron chi connectivity index (χ4n) is 0.408. The second-order valence-electron chi connectivity index (χ2n) is 1.89. The van der Waals surface area contributed by atoms with Crippen molar-refractivity contribution in [1.29, 1.82) is 0 Å². The topological polar surface area (TPSA) is 12.0 Å². The highest BCUT2D eigenvalue weighted by molar-refractivity contribution is 7.66. The Morgan fingerprint density at radius 2 is 2.33 bits per heavy atom. The maximum Gasteiger partial charge on any atom is 0.108 e. The lowest BCUT2D eigenvalue weighted by atomic mass is 10.5. The minimum atomic E-state index is -2.51. The molecular weight excluding hydrogens is 136 g/mol. The van der Waals surface area contributed by atoms with Crippen molar-refractivity contribution in [2.45, 2.75) is 6.42 Å². The minimum absolute atomic E-state index is 0.493. The van der Waals surface area contributed by atoms with Crippen LogP contribution in [-0.2, 0) is 0 Å². The molecule has 0 aromatic carbocycles. The van der Waals surface area contributed by atoms with E-state index >= 15 is 0 Å². The van der Waals surface area contributed by atoms with E-state index in [9.17, 15) is 4.20 Å². The van der Waals surface area contributed by atoms with Crippen molar-refractivity contribution in [3.63, 3.8) is 0 Å². The standard InChI is InChI=1S/C6H13FNP/c1-4-5-6-9(3,7)8-2/h4,8H,1,3,5-6H2,2H3. The van der Waals surface area contributed by atoms with E-state index in [1.54, 1.807) is 13.1 Å². The summed E-state index contributed by atoms with van der Waals surface area (Å²) in [6.45, 7) is 3.49. The van der Waals surface area contributed by atoms with E-state index in [0.29, 0.717) is 12.6 Å². The highest BCUT2D eigenvalue weighted by Gasteiger charge is 2.05. The normalized spacial score (nSPS) is 16.7. The Kier molecular flexibility index (Phi) is 3.83. The van der Waals surface area contributed by atoms with Crippen molar-refractivity contribution in [1.82, 2.24) is 5.09 Å². The SMILES string of the molecule is C=CCCP(=C)(F)NC. The highest BCUT2D eigenvalue weighted by atomic mass is 31.2. The summed E-state index contributed by atoms with van der Waals surface area (Å²) in [5, 5.41) is 2.56. The predicted molar refractivity (Wildman–Crippen MR) is 43.9 cm³/mol. The van der Waals surface area contributed by atoms with E-state index in [1.807, 2.05) is 0 Å². The van der Waals surface area contributed by atoms with E-state index in [2.05, 4.69) is 18.0 Å². The molecule has 0 amide bonds. The third-order valence-electron chi connectivity index (χ3n) is 1.09. The Hall–Kier alpha value is -0.0700. The molecule has 0 radical (unpaired) electrons. The van der Waals surface area contributed by atoms with Crippen LogP contribution < -0.4 is 5.09 Å². The first kappa shape index (κ1) is 8.93. The van der Waals surface area contributed by atoms with E-state index in [1.165, 1.54) is 0 Å². The van der Waals surface area contributed by atoms with E-state index < -0.39 is 7.35 Å². The highest BCUT2D eigenvalue weighted by Crippen LogP contribution is 2.41. The van der Waals surface area contributed by atoms with Crippen molar-refractivity contribution >= 4 is 13.6 Å². The minimum Gasteiger partial charge on any atom is -0.276 e. The Bertz CT molecular complexity index is 133. The number of hydrogen-bond acceptors (Lipinski definition) is 1. The summed E-state index contributed by atoms with van der Waals surface area (Å²) in [5.74, 6) is 0. The summed E-state index contributed by atoms with van der Waals surface area (Å²) < 4.78 is 12.8. The fourth-order valence-corrected chi connectivity index (χ4v) is 1.22. The average molecular weight is 149 g/mol. The van der Waals surface area contributed by atoms with Crippen LogP contribution in [-0.4, -0.2) is 19.5 Å². The van der Waals surface area contributed by atoms with Gasteiger partial charge in [-0.05, 0) is 13.5 Å². The lowest BCUT2D eigenvalue weighted by Crippen LogP contribution is -2.01. The summed E-state index contributed by atoms with van der Waals surface area (Å²) >= 11 is 0. The first-order valence-electron chi connectivity index (χ1n) is 2.84. The van der Waals surface area contributed by atoms with E-state index in [-0.39, 0.29) is 0 Å². The van der Waals surface area contributed by atoms with Gasteiger partial charge in [-0.3, -0.25) is 5.09 Å². The molecule has 1 N–H and O–H groups in total. The summed E-state index contributed by atoms with van der Waals surface area (Å²) in [6, 6.07) is 0. The number of hydrogen-bond donors (Lipinski definition) is 1. The molecule has 54 valence electrons.